The molecular weight excluding hydrogens is 224 g/mol. The average molecular weight is 233 g/mol. The van der Waals surface area contributed by atoms with E-state index in [2.05, 4.69) is 46.3 Å². The second-order valence-electron chi connectivity index (χ2n) is 2.85. The quantitative estimate of drug-likeness (QED) is 0.634. The Bertz CT molecular complexity index is 398. The molecule has 0 atom stereocenters. The van der Waals surface area contributed by atoms with E-state index in [-0.39, 0.29) is 0 Å². The van der Waals surface area contributed by atoms with Gasteiger partial charge in [-0.05, 0) is 17.2 Å². The fourth-order valence-corrected chi connectivity index (χ4v) is 1.83. The van der Waals surface area contributed by atoms with Gasteiger partial charge in [0, 0.05) is 4.47 Å². The molecule has 0 spiro atoms. The van der Waals surface area contributed by atoms with Crippen molar-refractivity contribution in [2.75, 3.05) is 0 Å². The van der Waals surface area contributed by atoms with E-state index in [1.807, 2.05) is 24.3 Å². The molecule has 0 saturated carbocycles. The smallest absolute Gasteiger partial charge is 0.0253 e. The Morgan fingerprint density at radius 2 is 1.62 bits per heavy atom. The first-order valence-electron chi connectivity index (χ1n) is 4.18. The van der Waals surface area contributed by atoms with Gasteiger partial charge in [-0.15, -0.1) is 0 Å². The first kappa shape index (κ1) is 8.52. The number of halogens is 1. The largest absolute Gasteiger partial charge is 0.0622 e. The molecule has 0 unspecified atom stereocenters. The van der Waals surface area contributed by atoms with Crippen LogP contribution < -0.4 is 0 Å². The molecule has 0 bridgehead atoms. The molecule has 2 rings (SSSR count). The number of rotatable bonds is 0. The van der Waals surface area contributed by atoms with Gasteiger partial charge in [-0.3, -0.25) is 0 Å². The minimum Gasteiger partial charge on any atom is -0.0622 e. The second-order valence-corrected chi connectivity index (χ2v) is 3.70. The number of hydrogen-bond acceptors (Lipinski definition) is 0. The number of fused-ring (bicyclic) bond motifs is 1. The third-order valence-electron chi connectivity index (χ3n) is 1.96. The predicted octanol–water partition coefficient (Wildman–Crippen LogP) is 4.05. The van der Waals surface area contributed by atoms with Crippen LogP contribution in [-0.2, 0) is 0 Å². The van der Waals surface area contributed by atoms with Gasteiger partial charge in [0.05, 0.1) is 0 Å². The zero-order valence-corrected chi connectivity index (χ0v) is 8.66. The molecule has 0 fully saturated rings. The normalized spacial score (nSPS) is 13.6. The minimum atomic E-state index is 1.14. The van der Waals surface area contributed by atoms with Crippen LogP contribution in [0, 0.1) is 0 Å². The van der Waals surface area contributed by atoms with Crippen molar-refractivity contribution in [2.24, 2.45) is 0 Å². The summed E-state index contributed by atoms with van der Waals surface area (Å²) >= 11 is 3.53. The highest BCUT2D eigenvalue weighted by atomic mass is 79.9. The van der Waals surface area contributed by atoms with Crippen molar-refractivity contribution in [2.45, 2.75) is 0 Å². The maximum Gasteiger partial charge on any atom is 0.0253 e. The lowest BCUT2D eigenvalue weighted by atomic mass is 10.1. The Labute approximate surface area is 86.4 Å². The standard InChI is InChI=1S/C12H9Br/c13-12-9-5-7-10-6-3-1-2-4-8-11(10)12/h1-9H. The maximum absolute atomic E-state index is 3.53. The topological polar surface area (TPSA) is 0 Å². The lowest BCUT2D eigenvalue weighted by molar-refractivity contribution is 1.56. The molecule has 0 saturated heterocycles. The molecule has 0 aliphatic heterocycles. The van der Waals surface area contributed by atoms with E-state index in [0.717, 1.165) is 4.47 Å². The van der Waals surface area contributed by atoms with E-state index >= 15 is 0 Å². The van der Waals surface area contributed by atoms with Crippen LogP contribution in [0.1, 0.15) is 11.1 Å². The monoisotopic (exact) mass is 232 g/mol. The van der Waals surface area contributed by atoms with E-state index in [4.69, 9.17) is 0 Å². The molecular formula is C12H9Br. The van der Waals surface area contributed by atoms with Gasteiger partial charge in [0.1, 0.15) is 0 Å². The third kappa shape index (κ3) is 1.81. The zero-order valence-electron chi connectivity index (χ0n) is 7.07. The summed E-state index contributed by atoms with van der Waals surface area (Å²) in [6, 6.07) is 6.22. The molecule has 13 heavy (non-hydrogen) atoms. The van der Waals surface area contributed by atoms with Crippen molar-refractivity contribution < 1.29 is 0 Å². The van der Waals surface area contributed by atoms with Gasteiger partial charge in [0.2, 0.25) is 0 Å². The average Bonchev–Trinajstić information content (AvgIpc) is 2.07. The Balaban J connectivity index is 2.62. The Morgan fingerprint density at radius 3 is 2.46 bits per heavy atom. The molecule has 1 heteroatoms. The minimum absolute atomic E-state index is 1.14. The number of allylic oxidation sites excluding steroid dienone is 4. The lowest BCUT2D eigenvalue weighted by Crippen LogP contribution is -1.82. The van der Waals surface area contributed by atoms with Crippen LogP contribution in [0.5, 0.6) is 0 Å². The van der Waals surface area contributed by atoms with Crippen LogP contribution in [0.4, 0.5) is 0 Å². The fourth-order valence-electron chi connectivity index (χ4n) is 1.31. The molecule has 0 aromatic heterocycles. The summed E-state index contributed by atoms with van der Waals surface area (Å²) in [6.45, 7) is 0. The Morgan fingerprint density at radius 1 is 0.846 bits per heavy atom. The van der Waals surface area contributed by atoms with Crippen molar-refractivity contribution >= 4 is 28.1 Å². The van der Waals surface area contributed by atoms with Crippen molar-refractivity contribution in [3.05, 3.63) is 58.1 Å². The van der Waals surface area contributed by atoms with Crippen LogP contribution in [0.2, 0.25) is 0 Å². The lowest BCUT2D eigenvalue weighted by Gasteiger charge is -2.04. The summed E-state index contributed by atoms with van der Waals surface area (Å²) in [7, 11) is 0. The molecule has 0 radical (unpaired) electrons. The van der Waals surface area contributed by atoms with Crippen LogP contribution in [0.25, 0.3) is 12.2 Å². The van der Waals surface area contributed by atoms with E-state index in [1.54, 1.807) is 0 Å². The molecule has 0 amide bonds. The van der Waals surface area contributed by atoms with E-state index in [9.17, 15) is 0 Å². The summed E-state index contributed by atoms with van der Waals surface area (Å²) < 4.78 is 1.14. The molecule has 0 heterocycles. The molecule has 1 aliphatic rings. The summed E-state index contributed by atoms with van der Waals surface area (Å²) in [5.41, 5.74) is 2.48. The molecule has 0 N–H and O–H groups in total. The number of hydrogen-bond donors (Lipinski definition) is 0. The van der Waals surface area contributed by atoms with E-state index in [1.165, 1.54) is 11.1 Å². The molecule has 1 aliphatic carbocycles. The molecule has 64 valence electrons. The summed E-state index contributed by atoms with van der Waals surface area (Å²) in [5.74, 6) is 0. The van der Waals surface area contributed by atoms with Gasteiger partial charge in [0.25, 0.3) is 0 Å². The zero-order chi connectivity index (χ0) is 9.10. The Kier molecular flexibility index (Phi) is 2.46. The molecule has 0 nitrogen and oxygen atoms in total. The summed E-state index contributed by atoms with van der Waals surface area (Å²) in [6.07, 6.45) is 12.4. The Hall–Kier alpha value is -1.08. The van der Waals surface area contributed by atoms with Crippen molar-refractivity contribution in [3.8, 4) is 0 Å². The molecule has 1 aromatic rings. The van der Waals surface area contributed by atoms with E-state index < -0.39 is 0 Å². The predicted molar refractivity (Wildman–Crippen MR) is 61.4 cm³/mol. The highest BCUT2D eigenvalue weighted by molar-refractivity contribution is 9.10. The van der Waals surface area contributed by atoms with Gasteiger partial charge in [-0.25, -0.2) is 0 Å². The maximum atomic E-state index is 3.53. The van der Waals surface area contributed by atoms with Gasteiger partial charge in [0.15, 0.2) is 0 Å². The van der Waals surface area contributed by atoms with Gasteiger partial charge in [-0.1, -0.05) is 64.5 Å². The fraction of sp³-hybridized carbons (Fsp3) is 0. The van der Waals surface area contributed by atoms with Gasteiger partial charge in [-0.2, -0.15) is 0 Å². The third-order valence-corrected chi connectivity index (χ3v) is 2.65. The molecule has 1 aromatic carbocycles. The summed E-state index contributed by atoms with van der Waals surface area (Å²) in [5, 5.41) is 0. The van der Waals surface area contributed by atoms with Crippen LogP contribution in [-0.4, -0.2) is 0 Å². The SMILES string of the molecule is Brc1cccc2c1C=CC=CC=C2. The van der Waals surface area contributed by atoms with Crippen molar-refractivity contribution in [3.63, 3.8) is 0 Å². The highest BCUT2D eigenvalue weighted by Crippen LogP contribution is 2.24. The number of benzene rings is 1. The van der Waals surface area contributed by atoms with Crippen molar-refractivity contribution in [1.82, 2.24) is 0 Å². The van der Waals surface area contributed by atoms with Crippen LogP contribution in [0.3, 0.4) is 0 Å². The van der Waals surface area contributed by atoms with Crippen molar-refractivity contribution in [1.29, 1.82) is 0 Å². The van der Waals surface area contributed by atoms with Gasteiger partial charge >= 0.3 is 0 Å². The second kappa shape index (κ2) is 3.75. The first-order valence-corrected chi connectivity index (χ1v) is 4.97. The van der Waals surface area contributed by atoms with Crippen LogP contribution in [0.15, 0.2) is 47.0 Å². The van der Waals surface area contributed by atoms with Crippen LogP contribution >= 0.6 is 15.9 Å². The first-order chi connectivity index (χ1) is 6.38. The highest BCUT2D eigenvalue weighted by Gasteiger charge is 2.00. The summed E-state index contributed by atoms with van der Waals surface area (Å²) in [4.78, 5) is 0. The van der Waals surface area contributed by atoms with Gasteiger partial charge < -0.3 is 0 Å². The van der Waals surface area contributed by atoms with E-state index in [0.29, 0.717) is 0 Å².